The number of rotatable bonds is 6. The molecule has 6 nitrogen and oxygen atoms in total. The Morgan fingerprint density at radius 1 is 1.35 bits per heavy atom. The predicted molar refractivity (Wildman–Crippen MR) is 74.5 cm³/mol. The third kappa shape index (κ3) is 3.14. The molecule has 1 heterocycles. The number of carbonyl (C=O) groups excluding carboxylic acids is 1. The summed E-state index contributed by atoms with van der Waals surface area (Å²) in [6.07, 6.45) is 3.95. The number of ether oxygens (including phenoxy) is 1. The van der Waals surface area contributed by atoms with E-state index in [0.29, 0.717) is 6.42 Å². The molecule has 0 bridgehead atoms. The minimum absolute atomic E-state index is 0.0981. The molecule has 0 amide bonds. The second kappa shape index (κ2) is 6.18. The number of nitrogens with zero attached hydrogens (tertiary/aromatic N) is 2. The zero-order valence-electron chi connectivity index (χ0n) is 11.2. The fraction of sp³-hybridized carbons (Fsp3) is 0.357. The van der Waals surface area contributed by atoms with Crippen LogP contribution in [0.5, 0.6) is 0 Å². The molecule has 0 unspecified atom stereocenters. The maximum atomic E-state index is 11.0. The van der Waals surface area contributed by atoms with Crippen LogP contribution in [0.2, 0.25) is 0 Å². The summed E-state index contributed by atoms with van der Waals surface area (Å²) in [7, 11) is 1.38. The van der Waals surface area contributed by atoms with Crippen molar-refractivity contribution in [3.8, 4) is 0 Å². The van der Waals surface area contributed by atoms with Crippen LogP contribution in [0.15, 0.2) is 30.5 Å². The van der Waals surface area contributed by atoms with Gasteiger partial charge in [-0.1, -0.05) is 0 Å². The molecule has 1 aromatic heterocycles. The summed E-state index contributed by atoms with van der Waals surface area (Å²) in [5.74, 6) is -0.196. The Bertz CT molecular complexity index is 633. The van der Waals surface area contributed by atoms with E-state index in [1.54, 1.807) is 12.1 Å². The molecule has 2 aromatic rings. The molecule has 106 valence electrons. The Hall–Kier alpha value is -2.37. The predicted octanol–water partition coefficient (Wildman–Crippen LogP) is 2.89. The quantitative estimate of drug-likeness (QED) is 0.352. The Kier molecular flexibility index (Phi) is 4.34. The molecular formula is C14H16N2O4. The Labute approximate surface area is 116 Å². The average Bonchev–Trinajstić information content (AvgIpc) is 2.85. The Morgan fingerprint density at radius 3 is 2.85 bits per heavy atom. The van der Waals surface area contributed by atoms with Crippen molar-refractivity contribution in [2.45, 2.75) is 25.8 Å². The lowest BCUT2D eigenvalue weighted by Gasteiger charge is -2.05. The van der Waals surface area contributed by atoms with Crippen molar-refractivity contribution in [1.82, 2.24) is 4.57 Å². The van der Waals surface area contributed by atoms with E-state index in [1.165, 1.54) is 13.2 Å². The molecule has 0 aliphatic heterocycles. The molecule has 0 aliphatic carbocycles. The number of hydrogen-bond donors (Lipinski definition) is 0. The molecule has 0 saturated heterocycles. The smallest absolute Gasteiger partial charge is 0.305 e. The van der Waals surface area contributed by atoms with E-state index in [1.807, 2.05) is 16.8 Å². The minimum Gasteiger partial charge on any atom is -0.469 e. The van der Waals surface area contributed by atoms with Gasteiger partial charge in [-0.15, -0.1) is 0 Å². The molecule has 0 atom stereocenters. The van der Waals surface area contributed by atoms with E-state index < -0.39 is 4.92 Å². The van der Waals surface area contributed by atoms with Crippen LogP contribution in [0.4, 0.5) is 5.69 Å². The van der Waals surface area contributed by atoms with E-state index in [2.05, 4.69) is 4.74 Å². The third-order valence-electron chi connectivity index (χ3n) is 3.22. The molecule has 2 rings (SSSR count). The summed E-state index contributed by atoms with van der Waals surface area (Å²) in [4.78, 5) is 21.3. The topological polar surface area (TPSA) is 74.4 Å². The van der Waals surface area contributed by atoms with Gasteiger partial charge in [-0.3, -0.25) is 14.9 Å². The van der Waals surface area contributed by atoms with Gasteiger partial charge < -0.3 is 9.30 Å². The first-order valence-electron chi connectivity index (χ1n) is 6.42. The van der Waals surface area contributed by atoms with Gasteiger partial charge >= 0.3 is 5.97 Å². The summed E-state index contributed by atoms with van der Waals surface area (Å²) >= 11 is 0. The highest BCUT2D eigenvalue weighted by molar-refractivity contribution is 5.82. The minimum atomic E-state index is -0.396. The molecule has 0 saturated carbocycles. The second-order valence-electron chi connectivity index (χ2n) is 4.54. The summed E-state index contributed by atoms with van der Waals surface area (Å²) < 4.78 is 6.62. The summed E-state index contributed by atoms with van der Waals surface area (Å²) in [6.45, 7) is 0.776. The molecule has 1 aromatic carbocycles. The zero-order valence-corrected chi connectivity index (χ0v) is 11.2. The standard InChI is InChI=1S/C14H16N2O4/c1-20-14(17)4-2-3-8-15-9-7-11-10-12(16(18)19)5-6-13(11)15/h5-7,9-10H,2-4,8H2,1H3. The zero-order chi connectivity index (χ0) is 14.5. The van der Waals surface area contributed by atoms with Gasteiger partial charge in [0.05, 0.1) is 12.0 Å². The number of nitro groups is 1. The van der Waals surface area contributed by atoms with Crippen LogP contribution in [0.1, 0.15) is 19.3 Å². The van der Waals surface area contributed by atoms with Crippen molar-refractivity contribution in [1.29, 1.82) is 0 Å². The van der Waals surface area contributed by atoms with Crippen LogP contribution in [0.25, 0.3) is 10.9 Å². The Morgan fingerprint density at radius 2 is 2.15 bits per heavy atom. The van der Waals surface area contributed by atoms with Crippen molar-refractivity contribution < 1.29 is 14.5 Å². The van der Waals surface area contributed by atoms with Crippen molar-refractivity contribution in [3.63, 3.8) is 0 Å². The van der Waals surface area contributed by atoms with Crippen LogP contribution in [0, 0.1) is 10.1 Å². The molecule has 0 N–H and O–H groups in total. The number of unbranched alkanes of at least 4 members (excludes halogenated alkanes) is 1. The number of aryl methyl sites for hydroxylation is 1. The van der Waals surface area contributed by atoms with E-state index in [-0.39, 0.29) is 11.7 Å². The number of hydrogen-bond acceptors (Lipinski definition) is 4. The largest absolute Gasteiger partial charge is 0.469 e. The normalized spacial score (nSPS) is 10.7. The fourth-order valence-corrected chi connectivity index (χ4v) is 2.15. The number of non-ortho nitro benzene ring substituents is 1. The number of aromatic nitrogens is 1. The van der Waals surface area contributed by atoms with Crippen molar-refractivity contribution in [3.05, 3.63) is 40.6 Å². The van der Waals surface area contributed by atoms with Crippen LogP contribution in [-0.2, 0) is 16.1 Å². The highest BCUT2D eigenvalue weighted by atomic mass is 16.6. The first kappa shape index (κ1) is 14.0. The van der Waals surface area contributed by atoms with Gasteiger partial charge in [0.15, 0.2) is 0 Å². The number of methoxy groups -OCH3 is 1. The maximum Gasteiger partial charge on any atom is 0.305 e. The SMILES string of the molecule is COC(=O)CCCCn1ccc2cc([N+](=O)[O-])ccc21. The molecule has 20 heavy (non-hydrogen) atoms. The van der Waals surface area contributed by atoms with Crippen molar-refractivity contribution in [2.24, 2.45) is 0 Å². The molecule has 0 radical (unpaired) electrons. The number of benzene rings is 1. The van der Waals surface area contributed by atoms with E-state index in [0.717, 1.165) is 30.3 Å². The van der Waals surface area contributed by atoms with Crippen LogP contribution >= 0.6 is 0 Å². The highest BCUT2D eigenvalue weighted by Crippen LogP contribution is 2.22. The highest BCUT2D eigenvalue weighted by Gasteiger charge is 2.08. The van der Waals surface area contributed by atoms with Gasteiger partial charge in [-0.05, 0) is 25.0 Å². The van der Waals surface area contributed by atoms with E-state index >= 15 is 0 Å². The van der Waals surface area contributed by atoms with Gasteiger partial charge in [0, 0.05) is 42.2 Å². The summed E-state index contributed by atoms with van der Waals surface area (Å²) in [6, 6.07) is 6.70. The van der Waals surface area contributed by atoms with Crippen molar-refractivity contribution in [2.75, 3.05) is 7.11 Å². The number of carbonyl (C=O) groups is 1. The number of esters is 1. The first-order valence-corrected chi connectivity index (χ1v) is 6.42. The maximum absolute atomic E-state index is 11.0. The van der Waals surface area contributed by atoms with Gasteiger partial charge in [-0.2, -0.15) is 0 Å². The van der Waals surface area contributed by atoms with Crippen LogP contribution in [-0.4, -0.2) is 22.6 Å². The molecule has 0 fully saturated rings. The lowest BCUT2D eigenvalue weighted by atomic mass is 10.2. The Balaban J connectivity index is 2.01. The van der Waals surface area contributed by atoms with Gasteiger partial charge in [0.1, 0.15) is 0 Å². The lowest BCUT2D eigenvalue weighted by Crippen LogP contribution is -2.01. The molecule has 6 heteroatoms. The summed E-state index contributed by atoms with van der Waals surface area (Å²) in [5.41, 5.74) is 1.06. The van der Waals surface area contributed by atoms with Gasteiger partial charge in [-0.25, -0.2) is 0 Å². The number of fused-ring (bicyclic) bond motifs is 1. The summed E-state index contributed by atoms with van der Waals surface area (Å²) in [5, 5.41) is 11.6. The second-order valence-corrected chi connectivity index (χ2v) is 4.54. The molecule has 0 aliphatic rings. The number of nitro benzene ring substituents is 1. The fourth-order valence-electron chi connectivity index (χ4n) is 2.15. The lowest BCUT2D eigenvalue weighted by molar-refractivity contribution is -0.384. The van der Waals surface area contributed by atoms with Crippen LogP contribution in [0.3, 0.4) is 0 Å². The van der Waals surface area contributed by atoms with Crippen LogP contribution < -0.4 is 0 Å². The first-order chi connectivity index (χ1) is 9.61. The van der Waals surface area contributed by atoms with E-state index in [4.69, 9.17) is 0 Å². The average molecular weight is 276 g/mol. The van der Waals surface area contributed by atoms with Crippen molar-refractivity contribution >= 4 is 22.6 Å². The monoisotopic (exact) mass is 276 g/mol. The molecular weight excluding hydrogens is 260 g/mol. The van der Waals surface area contributed by atoms with Gasteiger partial charge in [0.2, 0.25) is 0 Å². The van der Waals surface area contributed by atoms with E-state index in [9.17, 15) is 14.9 Å². The third-order valence-corrected chi connectivity index (χ3v) is 3.22. The molecule has 0 spiro atoms. The van der Waals surface area contributed by atoms with Gasteiger partial charge in [0.25, 0.3) is 5.69 Å².